The lowest BCUT2D eigenvalue weighted by Crippen LogP contribution is -1.85. The number of halogens is 2. The van der Waals surface area contributed by atoms with Crippen LogP contribution in [-0.4, -0.2) is 4.98 Å². The molecule has 3 rings (SSSR count). The second-order valence-corrected chi connectivity index (χ2v) is 6.74. The fourth-order valence-corrected chi connectivity index (χ4v) is 4.24. The van der Waals surface area contributed by atoms with E-state index in [4.69, 9.17) is 23.2 Å². The summed E-state index contributed by atoms with van der Waals surface area (Å²) in [6, 6.07) is 9.46. The predicted octanol–water partition coefficient (Wildman–Crippen LogP) is 5.63. The minimum Gasteiger partial charge on any atom is -0.254 e. The van der Waals surface area contributed by atoms with Crippen molar-refractivity contribution in [1.29, 1.82) is 5.26 Å². The van der Waals surface area contributed by atoms with Crippen molar-refractivity contribution in [3.8, 4) is 6.07 Å². The molecule has 0 aliphatic carbocycles. The zero-order valence-corrected chi connectivity index (χ0v) is 13.1. The van der Waals surface area contributed by atoms with Crippen LogP contribution in [0.5, 0.6) is 0 Å². The molecule has 0 unspecified atom stereocenters. The molecule has 0 amide bonds. The summed E-state index contributed by atoms with van der Waals surface area (Å²) in [5.74, 6) is 0. The molecule has 2 aromatic heterocycles. The summed E-state index contributed by atoms with van der Waals surface area (Å²) in [4.78, 5) is 6.03. The van der Waals surface area contributed by atoms with Crippen LogP contribution in [0.3, 0.4) is 0 Å². The first-order chi connectivity index (χ1) is 9.69. The van der Waals surface area contributed by atoms with Crippen LogP contribution in [-0.2, 0) is 0 Å². The number of fused-ring (bicyclic) bond motifs is 1. The average Bonchev–Trinajstić information content (AvgIpc) is 2.90. The van der Waals surface area contributed by atoms with Gasteiger partial charge in [-0.2, -0.15) is 5.26 Å². The zero-order chi connectivity index (χ0) is 14.1. The first kappa shape index (κ1) is 13.7. The summed E-state index contributed by atoms with van der Waals surface area (Å²) >= 11 is 15.1. The van der Waals surface area contributed by atoms with Crippen molar-refractivity contribution < 1.29 is 0 Å². The molecule has 0 N–H and O–H groups in total. The van der Waals surface area contributed by atoms with Gasteiger partial charge in [-0.15, -0.1) is 11.3 Å². The molecule has 2 heterocycles. The fraction of sp³-hybridized carbons (Fsp3) is 0. The molecule has 0 saturated carbocycles. The van der Waals surface area contributed by atoms with Gasteiger partial charge < -0.3 is 0 Å². The van der Waals surface area contributed by atoms with Crippen LogP contribution in [0.2, 0.25) is 10.0 Å². The number of nitrogens with zero attached hydrogens (tertiary/aromatic N) is 2. The second kappa shape index (κ2) is 5.63. The van der Waals surface area contributed by atoms with Crippen molar-refractivity contribution in [3.05, 3.63) is 51.5 Å². The minimum atomic E-state index is 0.552. The zero-order valence-electron chi connectivity index (χ0n) is 9.93. The third-order valence-electron chi connectivity index (χ3n) is 2.65. The van der Waals surface area contributed by atoms with Gasteiger partial charge in [-0.25, -0.2) is 0 Å². The number of hydrogen-bond acceptors (Lipinski definition) is 4. The lowest BCUT2D eigenvalue weighted by Gasteiger charge is -2.07. The lowest BCUT2D eigenvalue weighted by atomic mass is 10.3. The molecule has 0 fully saturated rings. The lowest BCUT2D eigenvalue weighted by molar-refractivity contribution is 1.31. The molecule has 98 valence electrons. The van der Waals surface area contributed by atoms with Crippen LogP contribution in [0.25, 0.3) is 10.2 Å². The van der Waals surface area contributed by atoms with E-state index in [0.717, 1.165) is 20.0 Å². The van der Waals surface area contributed by atoms with Gasteiger partial charge in [-0.3, -0.25) is 4.98 Å². The number of hydrogen-bond donors (Lipinski definition) is 0. The van der Waals surface area contributed by atoms with E-state index in [1.165, 1.54) is 11.8 Å². The third kappa shape index (κ3) is 2.50. The molecular weight excluding hydrogens is 331 g/mol. The summed E-state index contributed by atoms with van der Waals surface area (Å²) in [6.45, 7) is 0. The molecule has 3 aromatic rings. The summed E-state index contributed by atoms with van der Waals surface area (Å²) < 4.78 is 1.00. The molecular formula is C14H6Cl2N2S2. The van der Waals surface area contributed by atoms with E-state index in [1.807, 2.05) is 17.5 Å². The second-order valence-electron chi connectivity index (χ2n) is 3.92. The highest BCUT2D eigenvalue weighted by atomic mass is 35.5. The van der Waals surface area contributed by atoms with Gasteiger partial charge in [0.15, 0.2) is 0 Å². The van der Waals surface area contributed by atoms with Gasteiger partial charge in [0.05, 0.1) is 25.7 Å². The number of rotatable bonds is 2. The first-order valence-corrected chi connectivity index (χ1v) is 8.03. The molecule has 0 spiro atoms. The van der Waals surface area contributed by atoms with Crippen LogP contribution in [0.4, 0.5) is 0 Å². The standard InChI is InChI=1S/C14H6Cl2N2S2/c15-9-1-2-12(10(16)5-9)20-13-8(6-17)7-18-11-3-4-19-14(11)13/h1-5,7H. The maximum absolute atomic E-state index is 9.25. The van der Waals surface area contributed by atoms with Crippen LogP contribution in [0.1, 0.15) is 5.56 Å². The van der Waals surface area contributed by atoms with Crippen molar-refractivity contribution in [2.24, 2.45) is 0 Å². The Morgan fingerprint density at radius 2 is 2.10 bits per heavy atom. The first-order valence-electron chi connectivity index (χ1n) is 5.58. The molecule has 6 heteroatoms. The quantitative estimate of drug-likeness (QED) is 0.608. The molecule has 0 atom stereocenters. The molecule has 0 aliphatic heterocycles. The van der Waals surface area contributed by atoms with Crippen molar-refractivity contribution in [1.82, 2.24) is 4.98 Å². The van der Waals surface area contributed by atoms with Crippen molar-refractivity contribution in [3.63, 3.8) is 0 Å². The van der Waals surface area contributed by atoms with Gasteiger partial charge in [0.1, 0.15) is 6.07 Å². The summed E-state index contributed by atoms with van der Waals surface area (Å²) in [6.07, 6.45) is 1.60. The molecule has 0 bridgehead atoms. The highest BCUT2D eigenvalue weighted by Crippen LogP contribution is 2.40. The van der Waals surface area contributed by atoms with E-state index in [1.54, 1.807) is 29.7 Å². The smallest absolute Gasteiger partial charge is 0.102 e. The number of thiophene rings is 1. The number of pyridine rings is 1. The number of aromatic nitrogens is 1. The van der Waals surface area contributed by atoms with E-state index in [0.29, 0.717) is 15.6 Å². The van der Waals surface area contributed by atoms with Gasteiger partial charge in [-0.05, 0) is 29.6 Å². The normalized spacial score (nSPS) is 10.7. The maximum atomic E-state index is 9.25. The SMILES string of the molecule is N#Cc1cnc2ccsc2c1Sc1ccc(Cl)cc1Cl. The van der Waals surface area contributed by atoms with Gasteiger partial charge >= 0.3 is 0 Å². The van der Waals surface area contributed by atoms with Crippen molar-refractivity contribution in [2.75, 3.05) is 0 Å². The molecule has 20 heavy (non-hydrogen) atoms. The molecule has 0 saturated heterocycles. The molecule has 2 nitrogen and oxygen atoms in total. The number of nitriles is 1. The highest BCUT2D eigenvalue weighted by Gasteiger charge is 2.13. The Morgan fingerprint density at radius 1 is 1.25 bits per heavy atom. The van der Waals surface area contributed by atoms with E-state index in [-0.39, 0.29) is 0 Å². The summed E-state index contributed by atoms with van der Waals surface area (Å²) in [5.41, 5.74) is 1.44. The molecule has 0 aliphatic rings. The van der Waals surface area contributed by atoms with Crippen LogP contribution < -0.4 is 0 Å². The Labute approximate surface area is 134 Å². The van der Waals surface area contributed by atoms with Gasteiger partial charge in [0, 0.05) is 16.1 Å². The highest BCUT2D eigenvalue weighted by molar-refractivity contribution is 8.00. The Hall–Kier alpha value is -1.25. The van der Waals surface area contributed by atoms with Gasteiger partial charge in [0.2, 0.25) is 0 Å². The van der Waals surface area contributed by atoms with Crippen LogP contribution in [0.15, 0.2) is 45.6 Å². The Morgan fingerprint density at radius 3 is 2.85 bits per heavy atom. The fourth-order valence-electron chi connectivity index (χ4n) is 1.74. The Bertz CT molecular complexity index is 837. The maximum Gasteiger partial charge on any atom is 0.102 e. The minimum absolute atomic E-state index is 0.552. The molecule has 1 aromatic carbocycles. The van der Waals surface area contributed by atoms with Crippen LogP contribution in [0, 0.1) is 11.3 Å². The van der Waals surface area contributed by atoms with Gasteiger partial charge in [0.25, 0.3) is 0 Å². The topological polar surface area (TPSA) is 36.7 Å². The van der Waals surface area contributed by atoms with Crippen LogP contribution >= 0.6 is 46.3 Å². The summed E-state index contributed by atoms with van der Waals surface area (Å²) in [5, 5.41) is 12.4. The van der Waals surface area contributed by atoms with E-state index in [2.05, 4.69) is 11.1 Å². The Kier molecular flexibility index (Phi) is 3.86. The number of benzene rings is 1. The third-order valence-corrected chi connectivity index (χ3v) is 5.57. The molecule has 0 radical (unpaired) electrons. The Balaban J connectivity index is 2.14. The predicted molar refractivity (Wildman–Crippen MR) is 84.9 cm³/mol. The van der Waals surface area contributed by atoms with Crippen molar-refractivity contribution >= 4 is 56.5 Å². The van der Waals surface area contributed by atoms with Crippen molar-refractivity contribution in [2.45, 2.75) is 9.79 Å². The van der Waals surface area contributed by atoms with E-state index < -0.39 is 0 Å². The monoisotopic (exact) mass is 336 g/mol. The van der Waals surface area contributed by atoms with E-state index >= 15 is 0 Å². The summed E-state index contributed by atoms with van der Waals surface area (Å²) in [7, 11) is 0. The largest absolute Gasteiger partial charge is 0.254 e. The average molecular weight is 337 g/mol. The van der Waals surface area contributed by atoms with Gasteiger partial charge in [-0.1, -0.05) is 35.0 Å². The van der Waals surface area contributed by atoms with E-state index in [9.17, 15) is 5.26 Å².